The van der Waals surface area contributed by atoms with Crippen LogP contribution >= 0.6 is 0 Å². The van der Waals surface area contributed by atoms with Gasteiger partial charge in [0.1, 0.15) is 19.3 Å². The number of aliphatic hydroxyl groups is 1. The molecule has 24 heavy (non-hydrogen) atoms. The molecule has 1 aromatic carbocycles. The molecule has 1 aliphatic heterocycles. The van der Waals surface area contributed by atoms with Gasteiger partial charge in [-0.1, -0.05) is 18.6 Å². The molecule has 0 saturated heterocycles. The van der Waals surface area contributed by atoms with Gasteiger partial charge in [0.15, 0.2) is 17.6 Å². The van der Waals surface area contributed by atoms with Crippen LogP contribution < -0.4 is 14.4 Å². The highest BCUT2D eigenvalue weighted by atomic mass is 16.6. The second-order valence-electron chi connectivity index (χ2n) is 7.07. The zero-order valence-electron chi connectivity index (χ0n) is 14.6. The molecule has 0 amide bonds. The second-order valence-corrected chi connectivity index (χ2v) is 7.07. The monoisotopic (exact) mass is 336 g/mol. The van der Waals surface area contributed by atoms with Crippen molar-refractivity contribution >= 4 is 0 Å². The number of aliphatic hydroxyl groups excluding tert-OH is 1. The van der Waals surface area contributed by atoms with Crippen LogP contribution in [0, 0.1) is 0 Å². The first kappa shape index (κ1) is 17.5. The third kappa shape index (κ3) is 4.85. The maximum absolute atomic E-state index is 10.2. The van der Waals surface area contributed by atoms with E-state index in [4.69, 9.17) is 14.2 Å². The van der Waals surface area contributed by atoms with E-state index in [1.54, 1.807) is 0 Å². The van der Waals surface area contributed by atoms with Crippen molar-refractivity contribution in [3.05, 3.63) is 24.3 Å². The van der Waals surface area contributed by atoms with E-state index in [0.29, 0.717) is 25.9 Å². The van der Waals surface area contributed by atoms with E-state index in [1.165, 1.54) is 37.0 Å². The Morgan fingerprint density at radius 3 is 2.75 bits per heavy atom. The normalized spacial score (nSPS) is 23.7. The van der Waals surface area contributed by atoms with Gasteiger partial charge < -0.3 is 24.2 Å². The first-order chi connectivity index (χ1) is 11.7. The third-order valence-corrected chi connectivity index (χ3v) is 5.04. The molecule has 2 aliphatic rings. The summed E-state index contributed by atoms with van der Waals surface area (Å²) < 4.78 is 17.2. The van der Waals surface area contributed by atoms with Crippen LogP contribution in [0.15, 0.2) is 24.3 Å². The lowest BCUT2D eigenvalue weighted by molar-refractivity contribution is -0.910. The molecule has 1 saturated carbocycles. The zero-order valence-corrected chi connectivity index (χ0v) is 14.6. The average molecular weight is 336 g/mol. The maximum atomic E-state index is 10.2. The molecule has 3 atom stereocenters. The summed E-state index contributed by atoms with van der Waals surface area (Å²) in [5.74, 6) is 1.55. The van der Waals surface area contributed by atoms with E-state index in [0.717, 1.165) is 18.0 Å². The number of para-hydroxylation sites is 2. The Kier molecular flexibility index (Phi) is 6.35. The second kappa shape index (κ2) is 8.70. The lowest BCUT2D eigenvalue weighted by atomic mass is 9.94. The quantitative estimate of drug-likeness (QED) is 0.782. The standard InChI is InChI=1S/C19H29NO4/c1-20(15-7-3-2-4-8-15)11-16(21)12-22-13-17-14-23-18-9-5-6-10-19(18)24-17/h5-6,9-10,15-17,21H,2-4,7-8,11-14H2,1H3/p+1/t16-,17-/m1/s1. The van der Waals surface area contributed by atoms with Gasteiger partial charge in [-0.05, 0) is 37.8 Å². The molecule has 1 unspecified atom stereocenters. The van der Waals surface area contributed by atoms with E-state index < -0.39 is 6.10 Å². The van der Waals surface area contributed by atoms with Crippen molar-refractivity contribution in [1.29, 1.82) is 0 Å². The number of fused-ring (bicyclic) bond motifs is 1. The van der Waals surface area contributed by atoms with Gasteiger partial charge in [0, 0.05) is 0 Å². The minimum absolute atomic E-state index is 0.115. The number of likely N-dealkylation sites (N-methyl/N-ethyl adjacent to an activating group) is 1. The fourth-order valence-corrected chi connectivity index (χ4v) is 3.67. The molecule has 2 N–H and O–H groups in total. The molecule has 5 nitrogen and oxygen atoms in total. The molecule has 1 fully saturated rings. The Balaban J connectivity index is 1.34. The van der Waals surface area contributed by atoms with Crippen molar-refractivity contribution in [3.63, 3.8) is 0 Å². The van der Waals surface area contributed by atoms with E-state index in [-0.39, 0.29) is 6.10 Å². The predicted octanol–water partition coefficient (Wildman–Crippen LogP) is 1.05. The highest BCUT2D eigenvalue weighted by Gasteiger charge is 2.24. The first-order valence-corrected chi connectivity index (χ1v) is 9.19. The van der Waals surface area contributed by atoms with Crippen LogP contribution in [0.2, 0.25) is 0 Å². The van der Waals surface area contributed by atoms with Crippen LogP contribution in [0.1, 0.15) is 32.1 Å². The van der Waals surface area contributed by atoms with Gasteiger partial charge in [-0.3, -0.25) is 0 Å². The van der Waals surface area contributed by atoms with Gasteiger partial charge in [0.2, 0.25) is 0 Å². The smallest absolute Gasteiger partial charge is 0.161 e. The number of benzene rings is 1. The van der Waals surface area contributed by atoms with Crippen LogP contribution in [0.4, 0.5) is 0 Å². The number of quaternary nitrogens is 1. The zero-order chi connectivity index (χ0) is 16.8. The van der Waals surface area contributed by atoms with Crippen LogP contribution in [0.25, 0.3) is 0 Å². The van der Waals surface area contributed by atoms with Crippen molar-refractivity contribution in [1.82, 2.24) is 0 Å². The van der Waals surface area contributed by atoms with E-state index in [1.807, 2.05) is 24.3 Å². The molecular weight excluding hydrogens is 306 g/mol. The van der Waals surface area contributed by atoms with Crippen molar-refractivity contribution in [2.45, 2.75) is 50.4 Å². The van der Waals surface area contributed by atoms with Gasteiger partial charge in [-0.15, -0.1) is 0 Å². The molecule has 5 heteroatoms. The Hall–Kier alpha value is -1.30. The minimum Gasteiger partial charge on any atom is -0.486 e. The number of nitrogens with one attached hydrogen (secondary N) is 1. The highest BCUT2D eigenvalue weighted by molar-refractivity contribution is 5.40. The predicted molar refractivity (Wildman–Crippen MR) is 91.8 cm³/mol. The van der Waals surface area contributed by atoms with Gasteiger partial charge >= 0.3 is 0 Å². The fraction of sp³-hybridized carbons (Fsp3) is 0.684. The molecule has 3 rings (SSSR count). The topological polar surface area (TPSA) is 52.4 Å². The Morgan fingerprint density at radius 1 is 1.21 bits per heavy atom. The van der Waals surface area contributed by atoms with Gasteiger partial charge in [-0.25, -0.2) is 0 Å². The SMILES string of the molecule is C[NH+](C[C@@H](O)COC[C@@H]1COc2ccccc2O1)C1CCCCC1. The highest BCUT2D eigenvalue weighted by Crippen LogP contribution is 2.30. The number of ether oxygens (including phenoxy) is 3. The van der Waals surface area contributed by atoms with Crippen LogP contribution in [-0.2, 0) is 4.74 Å². The molecule has 0 bridgehead atoms. The summed E-state index contributed by atoms with van der Waals surface area (Å²) in [4.78, 5) is 1.43. The number of hydrogen-bond donors (Lipinski definition) is 2. The van der Waals surface area contributed by atoms with Crippen LogP contribution in [0.5, 0.6) is 11.5 Å². The summed E-state index contributed by atoms with van der Waals surface area (Å²) in [5, 5.41) is 10.2. The van der Waals surface area contributed by atoms with E-state index in [9.17, 15) is 5.11 Å². The van der Waals surface area contributed by atoms with Crippen LogP contribution in [0.3, 0.4) is 0 Å². The summed E-state index contributed by atoms with van der Waals surface area (Å²) >= 11 is 0. The summed E-state index contributed by atoms with van der Waals surface area (Å²) in [5.41, 5.74) is 0. The lowest BCUT2D eigenvalue weighted by Crippen LogP contribution is -3.14. The molecule has 134 valence electrons. The van der Waals surface area contributed by atoms with Crippen molar-refractivity contribution in [2.75, 3.05) is 33.4 Å². The molecule has 0 aromatic heterocycles. The summed E-state index contributed by atoms with van der Waals surface area (Å²) in [7, 11) is 2.19. The fourth-order valence-electron chi connectivity index (χ4n) is 3.67. The minimum atomic E-state index is -0.427. The number of rotatable bonds is 7. The third-order valence-electron chi connectivity index (χ3n) is 5.04. The molecule has 1 aromatic rings. The largest absolute Gasteiger partial charge is 0.486 e. The number of hydrogen-bond acceptors (Lipinski definition) is 4. The Labute approximate surface area is 144 Å². The summed E-state index contributed by atoms with van der Waals surface area (Å²) in [6, 6.07) is 8.36. The van der Waals surface area contributed by atoms with Gasteiger partial charge in [0.25, 0.3) is 0 Å². The summed E-state index contributed by atoms with van der Waals surface area (Å²) in [6.45, 7) is 2.02. The molecular formula is C19H30NO4+. The van der Waals surface area contributed by atoms with Crippen LogP contribution in [-0.4, -0.2) is 56.8 Å². The molecule has 1 aliphatic carbocycles. The van der Waals surface area contributed by atoms with E-state index >= 15 is 0 Å². The van der Waals surface area contributed by atoms with Crippen molar-refractivity contribution < 1.29 is 24.2 Å². The Morgan fingerprint density at radius 2 is 1.96 bits per heavy atom. The average Bonchev–Trinajstić information content (AvgIpc) is 2.62. The maximum Gasteiger partial charge on any atom is 0.161 e. The lowest BCUT2D eigenvalue weighted by Gasteiger charge is -2.30. The first-order valence-electron chi connectivity index (χ1n) is 9.19. The van der Waals surface area contributed by atoms with Crippen molar-refractivity contribution in [2.24, 2.45) is 0 Å². The van der Waals surface area contributed by atoms with Gasteiger partial charge in [-0.2, -0.15) is 0 Å². The molecule has 0 spiro atoms. The molecule has 1 heterocycles. The van der Waals surface area contributed by atoms with Gasteiger partial charge in [0.05, 0.1) is 26.3 Å². The van der Waals surface area contributed by atoms with Crippen molar-refractivity contribution in [3.8, 4) is 11.5 Å². The molecule has 0 radical (unpaired) electrons. The van der Waals surface area contributed by atoms with E-state index in [2.05, 4.69) is 7.05 Å². The Bertz CT molecular complexity index is 504. The summed E-state index contributed by atoms with van der Waals surface area (Å²) in [6.07, 6.45) is 6.05.